The van der Waals surface area contributed by atoms with Crippen LogP contribution in [-0.4, -0.2) is 38.3 Å². The molecule has 108 valence electrons. The van der Waals surface area contributed by atoms with Gasteiger partial charge in [-0.15, -0.1) is 0 Å². The van der Waals surface area contributed by atoms with Gasteiger partial charge in [0.15, 0.2) is 0 Å². The fraction of sp³-hybridized carbons (Fsp3) is 0.600. The molecule has 0 aromatic heterocycles. The van der Waals surface area contributed by atoms with Crippen molar-refractivity contribution < 1.29 is 9.47 Å². The van der Waals surface area contributed by atoms with Crippen LogP contribution < -0.4 is 15.2 Å². The molecule has 0 aliphatic heterocycles. The molecule has 0 fully saturated rings. The lowest BCUT2D eigenvalue weighted by Crippen LogP contribution is -2.38. The molecule has 1 aromatic rings. The fourth-order valence-corrected chi connectivity index (χ4v) is 2.49. The minimum atomic E-state index is 0.134. The van der Waals surface area contributed by atoms with Crippen LogP contribution in [0.15, 0.2) is 18.2 Å². The molecule has 0 bridgehead atoms. The van der Waals surface area contributed by atoms with Crippen molar-refractivity contribution in [1.29, 1.82) is 0 Å². The van der Waals surface area contributed by atoms with E-state index in [0.29, 0.717) is 12.6 Å². The molecule has 4 nitrogen and oxygen atoms in total. The van der Waals surface area contributed by atoms with Gasteiger partial charge in [-0.1, -0.05) is 6.92 Å². The standard InChI is InChI=1S/C15H26N2O2/c1-6-17(11(2)3)14(10-16)13-9-12(18-4)7-8-15(13)19-5/h7-9,11,14H,6,10,16H2,1-5H3. The summed E-state index contributed by atoms with van der Waals surface area (Å²) < 4.78 is 10.8. The predicted octanol–water partition coefficient (Wildman–Crippen LogP) is 2.43. The Balaban J connectivity index is 3.21. The Morgan fingerprint density at radius 1 is 1.21 bits per heavy atom. The molecule has 0 saturated carbocycles. The second kappa shape index (κ2) is 7.36. The third-order valence-electron chi connectivity index (χ3n) is 3.45. The molecule has 2 N–H and O–H groups in total. The van der Waals surface area contributed by atoms with Crippen LogP contribution in [0.1, 0.15) is 32.4 Å². The van der Waals surface area contributed by atoms with Crippen LogP contribution in [0.3, 0.4) is 0 Å². The molecular weight excluding hydrogens is 240 g/mol. The number of methoxy groups -OCH3 is 2. The lowest BCUT2D eigenvalue weighted by molar-refractivity contribution is 0.163. The molecular formula is C15H26N2O2. The number of hydrogen-bond donors (Lipinski definition) is 1. The smallest absolute Gasteiger partial charge is 0.123 e. The van der Waals surface area contributed by atoms with Crippen LogP contribution in [0, 0.1) is 0 Å². The summed E-state index contributed by atoms with van der Waals surface area (Å²) in [5, 5.41) is 0. The van der Waals surface area contributed by atoms with Crippen LogP contribution in [0.5, 0.6) is 11.5 Å². The van der Waals surface area contributed by atoms with Crippen LogP contribution in [0.2, 0.25) is 0 Å². The summed E-state index contributed by atoms with van der Waals surface area (Å²) in [5.74, 6) is 1.68. The van der Waals surface area contributed by atoms with Gasteiger partial charge in [0.2, 0.25) is 0 Å². The number of benzene rings is 1. The highest BCUT2D eigenvalue weighted by Gasteiger charge is 2.23. The highest BCUT2D eigenvalue weighted by molar-refractivity contribution is 5.42. The topological polar surface area (TPSA) is 47.7 Å². The Morgan fingerprint density at radius 2 is 1.89 bits per heavy atom. The summed E-state index contributed by atoms with van der Waals surface area (Å²) in [4.78, 5) is 2.36. The molecule has 19 heavy (non-hydrogen) atoms. The van der Waals surface area contributed by atoms with Gasteiger partial charge >= 0.3 is 0 Å². The first-order valence-corrected chi connectivity index (χ1v) is 6.76. The third-order valence-corrected chi connectivity index (χ3v) is 3.45. The zero-order valence-corrected chi connectivity index (χ0v) is 12.6. The van der Waals surface area contributed by atoms with E-state index in [4.69, 9.17) is 15.2 Å². The zero-order valence-electron chi connectivity index (χ0n) is 12.6. The Hall–Kier alpha value is -1.26. The number of rotatable bonds is 7. The van der Waals surface area contributed by atoms with Crippen LogP contribution in [0.25, 0.3) is 0 Å². The summed E-state index contributed by atoms with van der Waals surface area (Å²) >= 11 is 0. The van der Waals surface area contributed by atoms with Gasteiger partial charge in [0, 0.05) is 18.2 Å². The minimum absolute atomic E-state index is 0.134. The highest BCUT2D eigenvalue weighted by atomic mass is 16.5. The highest BCUT2D eigenvalue weighted by Crippen LogP contribution is 2.33. The average molecular weight is 266 g/mol. The first kappa shape index (κ1) is 15.8. The molecule has 0 heterocycles. The van der Waals surface area contributed by atoms with E-state index < -0.39 is 0 Å². The van der Waals surface area contributed by atoms with E-state index >= 15 is 0 Å². The zero-order chi connectivity index (χ0) is 14.4. The normalized spacial score (nSPS) is 12.8. The molecule has 0 amide bonds. The third kappa shape index (κ3) is 3.61. The fourth-order valence-electron chi connectivity index (χ4n) is 2.49. The van der Waals surface area contributed by atoms with E-state index in [-0.39, 0.29) is 6.04 Å². The average Bonchev–Trinajstić information content (AvgIpc) is 2.43. The molecule has 1 atom stereocenters. The van der Waals surface area contributed by atoms with E-state index in [0.717, 1.165) is 23.6 Å². The first-order valence-electron chi connectivity index (χ1n) is 6.76. The van der Waals surface area contributed by atoms with E-state index in [1.807, 2.05) is 18.2 Å². The number of nitrogens with two attached hydrogens (primary N) is 1. The van der Waals surface area contributed by atoms with Gasteiger partial charge in [-0.05, 0) is 38.6 Å². The summed E-state index contributed by atoms with van der Waals surface area (Å²) in [6.07, 6.45) is 0. The van der Waals surface area contributed by atoms with Gasteiger partial charge in [-0.3, -0.25) is 4.90 Å². The van der Waals surface area contributed by atoms with Crippen LogP contribution in [0.4, 0.5) is 0 Å². The monoisotopic (exact) mass is 266 g/mol. The van der Waals surface area contributed by atoms with E-state index in [1.54, 1.807) is 14.2 Å². The Bertz CT molecular complexity index is 394. The number of likely N-dealkylation sites (N-methyl/N-ethyl adjacent to an activating group) is 1. The van der Waals surface area contributed by atoms with Crippen molar-refractivity contribution in [2.45, 2.75) is 32.9 Å². The summed E-state index contributed by atoms with van der Waals surface area (Å²) in [6.45, 7) is 8.00. The van der Waals surface area contributed by atoms with E-state index in [1.165, 1.54) is 0 Å². The maximum Gasteiger partial charge on any atom is 0.123 e. The molecule has 1 rings (SSSR count). The predicted molar refractivity (Wildman–Crippen MR) is 78.9 cm³/mol. The molecule has 4 heteroatoms. The molecule has 0 spiro atoms. The van der Waals surface area contributed by atoms with Gasteiger partial charge in [-0.25, -0.2) is 0 Å². The second-order valence-corrected chi connectivity index (χ2v) is 4.78. The maximum atomic E-state index is 6.00. The number of ether oxygens (including phenoxy) is 2. The van der Waals surface area contributed by atoms with E-state index in [2.05, 4.69) is 25.7 Å². The van der Waals surface area contributed by atoms with Crippen LogP contribution in [-0.2, 0) is 0 Å². The molecule has 0 aliphatic carbocycles. The Kier molecular flexibility index (Phi) is 6.12. The van der Waals surface area contributed by atoms with Crippen molar-refractivity contribution in [3.63, 3.8) is 0 Å². The van der Waals surface area contributed by atoms with Gasteiger partial charge in [0.05, 0.1) is 20.3 Å². The van der Waals surface area contributed by atoms with Crippen molar-refractivity contribution >= 4 is 0 Å². The summed E-state index contributed by atoms with van der Waals surface area (Å²) in [5.41, 5.74) is 7.08. The van der Waals surface area contributed by atoms with Gasteiger partial charge in [0.25, 0.3) is 0 Å². The van der Waals surface area contributed by atoms with Gasteiger partial charge < -0.3 is 15.2 Å². The maximum absolute atomic E-state index is 6.00. The minimum Gasteiger partial charge on any atom is -0.497 e. The molecule has 0 aliphatic rings. The largest absolute Gasteiger partial charge is 0.497 e. The van der Waals surface area contributed by atoms with Gasteiger partial charge in [0.1, 0.15) is 11.5 Å². The summed E-state index contributed by atoms with van der Waals surface area (Å²) in [7, 11) is 3.35. The van der Waals surface area contributed by atoms with Crippen molar-refractivity contribution in [2.24, 2.45) is 5.73 Å². The quantitative estimate of drug-likeness (QED) is 0.823. The number of hydrogen-bond acceptors (Lipinski definition) is 4. The molecule has 1 unspecified atom stereocenters. The SMILES string of the molecule is CCN(C(C)C)C(CN)c1cc(OC)ccc1OC. The van der Waals surface area contributed by atoms with Crippen LogP contribution >= 0.6 is 0 Å². The lowest BCUT2D eigenvalue weighted by atomic mass is 10.0. The Labute approximate surface area is 116 Å². The second-order valence-electron chi connectivity index (χ2n) is 4.78. The van der Waals surface area contributed by atoms with Crippen molar-refractivity contribution in [3.05, 3.63) is 23.8 Å². The van der Waals surface area contributed by atoms with Crippen molar-refractivity contribution in [1.82, 2.24) is 4.90 Å². The van der Waals surface area contributed by atoms with Crippen molar-refractivity contribution in [2.75, 3.05) is 27.3 Å². The number of nitrogens with zero attached hydrogens (tertiary/aromatic N) is 1. The first-order chi connectivity index (χ1) is 9.08. The molecule has 0 radical (unpaired) electrons. The summed E-state index contributed by atoms with van der Waals surface area (Å²) in [6, 6.07) is 6.41. The van der Waals surface area contributed by atoms with Gasteiger partial charge in [-0.2, -0.15) is 0 Å². The van der Waals surface area contributed by atoms with Crippen molar-refractivity contribution in [3.8, 4) is 11.5 Å². The Morgan fingerprint density at radius 3 is 2.32 bits per heavy atom. The lowest BCUT2D eigenvalue weighted by Gasteiger charge is -2.34. The molecule has 0 saturated heterocycles. The van der Waals surface area contributed by atoms with E-state index in [9.17, 15) is 0 Å². The molecule has 1 aromatic carbocycles.